The molecule has 0 bridgehead atoms. The van der Waals surface area contributed by atoms with Gasteiger partial charge in [0.1, 0.15) is 4.88 Å². The molecule has 0 spiro atoms. The lowest BCUT2D eigenvalue weighted by Gasteiger charge is -2.66. The van der Waals surface area contributed by atoms with E-state index in [1.165, 1.54) is 11.3 Å². The third kappa shape index (κ3) is 6.45. The maximum absolute atomic E-state index is 16.1. The van der Waals surface area contributed by atoms with Crippen LogP contribution in [-0.4, -0.2) is 58.8 Å². The lowest BCUT2D eigenvalue weighted by atomic mass is 10.0. The van der Waals surface area contributed by atoms with Gasteiger partial charge in [-0.05, 0) is 49.7 Å². The van der Waals surface area contributed by atoms with E-state index in [2.05, 4.69) is 16.6 Å². The number of hydrogen-bond acceptors (Lipinski definition) is 5. The summed E-state index contributed by atoms with van der Waals surface area (Å²) < 4.78 is 16.1. The van der Waals surface area contributed by atoms with Gasteiger partial charge in [-0.25, -0.2) is 8.87 Å². The predicted octanol–water partition coefficient (Wildman–Crippen LogP) is 6.04. The summed E-state index contributed by atoms with van der Waals surface area (Å²) in [7, 11) is -3.81. The van der Waals surface area contributed by atoms with Crippen molar-refractivity contribution in [3.05, 3.63) is 83.1 Å². The molecule has 1 aromatic rings. The van der Waals surface area contributed by atoms with E-state index in [0.29, 0.717) is 23.5 Å². The molecular formula is C26H35FN4OS2. The van der Waals surface area contributed by atoms with Gasteiger partial charge in [-0.1, -0.05) is 30.4 Å². The number of nitrogens with zero attached hydrogens (tertiary/aromatic N) is 3. The highest BCUT2D eigenvalue weighted by atomic mass is 32.4. The number of aromatic nitrogens is 1. The summed E-state index contributed by atoms with van der Waals surface area (Å²) in [6, 6.07) is 5.44. The van der Waals surface area contributed by atoms with E-state index in [9.17, 15) is 4.79 Å². The summed E-state index contributed by atoms with van der Waals surface area (Å²) in [5, 5.41) is -0.306. The number of anilines is 1. The van der Waals surface area contributed by atoms with Crippen molar-refractivity contribution < 1.29 is 8.68 Å². The molecule has 1 aliphatic heterocycles. The van der Waals surface area contributed by atoms with Crippen LogP contribution in [0.25, 0.3) is 0 Å². The monoisotopic (exact) mass is 502 g/mol. The van der Waals surface area contributed by atoms with Crippen LogP contribution in [0.3, 0.4) is 0 Å². The molecule has 0 fully saturated rings. The minimum absolute atomic E-state index is 0.126. The first-order valence-electron chi connectivity index (χ1n) is 11.1. The van der Waals surface area contributed by atoms with Crippen molar-refractivity contribution in [2.75, 3.05) is 37.3 Å². The zero-order chi connectivity index (χ0) is 25.0. The van der Waals surface area contributed by atoms with Gasteiger partial charge in [0.05, 0.1) is 11.2 Å². The highest BCUT2D eigenvalue weighted by Crippen LogP contribution is 2.84. The molecule has 1 aliphatic carbocycles. The molecule has 0 aromatic carbocycles. The zero-order valence-corrected chi connectivity index (χ0v) is 22.0. The minimum atomic E-state index is -3.81. The quantitative estimate of drug-likeness (QED) is 0.482. The van der Waals surface area contributed by atoms with Crippen LogP contribution in [0.5, 0.6) is 0 Å². The van der Waals surface area contributed by atoms with Crippen molar-refractivity contribution in [3.63, 3.8) is 0 Å². The highest BCUT2D eigenvalue weighted by Gasteiger charge is 2.49. The number of nitrogen functional groups attached to an aromatic ring is 1. The van der Waals surface area contributed by atoms with Gasteiger partial charge >= 0.3 is 0 Å². The normalized spacial score (nSPS) is 21.6. The van der Waals surface area contributed by atoms with Gasteiger partial charge in [0, 0.05) is 47.9 Å². The van der Waals surface area contributed by atoms with E-state index in [-0.39, 0.29) is 17.1 Å². The van der Waals surface area contributed by atoms with Gasteiger partial charge in [0.15, 0.2) is 0 Å². The molecule has 2 unspecified atom stereocenters. The standard InChI is InChI=1S/C26H35FN4OS2/c1-6-17-31(21-9-7-10-22(18-21)34(2,3,4,5)27)26(32)25-23(28)11-8-12-24(30-19-33-25)20-13-15-29-16-14-20/h6-13,15-16,19-20,22H,1,14,17-18,28H2,2-5H3. The summed E-state index contributed by atoms with van der Waals surface area (Å²) in [6.07, 6.45) is 21.0. The third-order valence-corrected chi connectivity index (χ3v) is 9.71. The van der Waals surface area contributed by atoms with Crippen LogP contribution in [0.1, 0.15) is 34.1 Å². The van der Waals surface area contributed by atoms with Crippen LogP contribution in [0, 0.1) is 0 Å². The van der Waals surface area contributed by atoms with E-state index >= 15 is 3.89 Å². The molecular weight excluding hydrogens is 467 g/mol. The largest absolute Gasteiger partial charge is 0.397 e. The van der Waals surface area contributed by atoms with E-state index in [1.54, 1.807) is 53.8 Å². The molecule has 0 radical (unpaired) electrons. The molecule has 2 aliphatic rings. The number of hydrogen-bond donors (Lipinski definition) is 1. The van der Waals surface area contributed by atoms with Gasteiger partial charge in [0.25, 0.3) is 5.91 Å². The van der Waals surface area contributed by atoms with Gasteiger partial charge in [-0.3, -0.25) is 9.79 Å². The fourth-order valence-electron chi connectivity index (χ4n) is 3.78. The molecule has 184 valence electrons. The molecule has 3 rings (SSSR count). The first kappa shape index (κ1) is 25.9. The van der Waals surface area contributed by atoms with Crippen molar-refractivity contribution >= 4 is 37.8 Å². The Bertz CT molecular complexity index is 1140. The zero-order valence-electron chi connectivity index (χ0n) is 20.4. The van der Waals surface area contributed by atoms with E-state index in [0.717, 1.165) is 17.8 Å². The Kier molecular flexibility index (Phi) is 6.97. The van der Waals surface area contributed by atoms with Gasteiger partial charge in [0.2, 0.25) is 0 Å². The van der Waals surface area contributed by atoms with E-state index in [4.69, 9.17) is 5.73 Å². The SMILES string of the molecule is C=CCN(C(=O)c1scnc(C2C=CN=CC2)cccc1N)C1=CC=CC(S(C)(C)(C)(C)F)C1. The number of amides is 1. The van der Waals surface area contributed by atoms with Gasteiger partial charge in [-0.2, -0.15) is 8.68 Å². The average Bonchev–Trinajstić information content (AvgIpc) is 2.86. The fraction of sp³-hybridized carbons (Fsp3) is 0.346. The summed E-state index contributed by atoms with van der Waals surface area (Å²) in [4.78, 5) is 24.4. The number of rotatable bonds is 6. The van der Waals surface area contributed by atoms with Crippen molar-refractivity contribution in [1.82, 2.24) is 9.88 Å². The van der Waals surface area contributed by atoms with Crippen LogP contribution < -0.4 is 5.73 Å². The smallest absolute Gasteiger partial charge is 0.270 e. The first-order chi connectivity index (χ1) is 15.8. The Balaban J connectivity index is 1.96. The number of carbonyl (C=O) groups excluding carboxylic acids is 1. The number of halogens is 1. The highest BCUT2D eigenvalue weighted by molar-refractivity contribution is 8.59. The fourth-order valence-corrected chi connectivity index (χ4v) is 6.16. The molecule has 2 N–H and O–H groups in total. The van der Waals surface area contributed by atoms with E-state index in [1.807, 2.05) is 42.7 Å². The first-order valence-corrected chi connectivity index (χ1v) is 16.0. The molecule has 34 heavy (non-hydrogen) atoms. The molecule has 2 atom stereocenters. The van der Waals surface area contributed by atoms with Crippen LogP contribution in [0.2, 0.25) is 0 Å². The number of nitrogens with two attached hydrogens (primary N) is 1. The molecule has 1 amide bonds. The maximum atomic E-state index is 16.1. The maximum Gasteiger partial charge on any atom is 0.270 e. The predicted molar refractivity (Wildman–Crippen MR) is 148 cm³/mol. The molecule has 8 heteroatoms. The third-order valence-electron chi connectivity index (χ3n) is 5.87. The average molecular weight is 503 g/mol. The second-order valence-corrected chi connectivity index (χ2v) is 20.3. The van der Waals surface area contributed by atoms with Crippen molar-refractivity contribution in [2.45, 2.75) is 24.0 Å². The Morgan fingerprint density at radius 2 is 2.09 bits per heavy atom. The summed E-state index contributed by atoms with van der Waals surface area (Å²) in [5.74, 6) is -0.126. The van der Waals surface area contributed by atoms with Gasteiger partial charge < -0.3 is 10.6 Å². The number of aliphatic imine (C=N–C) groups is 1. The van der Waals surface area contributed by atoms with E-state index < -0.39 is 8.68 Å². The Morgan fingerprint density at radius 3 is 2.74 bits per heavy atom. The molecule has 0 saturated carbocycles. The van der Waals surface area contributed by atoms with Crippen LogP contribution in [0.4, 0.5) is 9.57 Å². The van der Waals surface area contributed by atoms with Crippen LogP contribution in [0.15, 0.2) is 77.6 Å². The summed E-state index contributed by atoms with van der Waals surface area (Å²) in [6.45, 7) is 4.12. The minimum Gasteiger partial charge on any atom is -0.397 e. The summed E-state index contributed by atoms with van der Waals surface area (Å²) in [5.41, 5.74) is 9.96. The second-order valence-electron chi connectivity index (χ2n) is 10.7. The Morgan fingerprint density at radius 1 is 1.32 bits per heavy atom. The molecule has 0 saturated heterocycles. The lowest BCUT2D eigenvalue weighted by molar-refractivity contribution is 0.0820. The molecule has 1 aromatic heterocycles. The Hall–Kier alpha value is -2.71. The molecule has 2 heterocycles. The lowest BCUT2D eigenvalue weighted by Crippen LogP contribution is -2.41. The topological polar surface area (TPSA) is 71.6 Å². The second kappa shape index (κ2) is 9.15. The van der Waals surface area contributed by atoms with Gasteiger partial charge in [-0.15, -0.1) is 17.9 Å². The Labute approximate surface area is 205 Å². The summed E-state index contributed by atoms with van der Waals surface area (Å²) >= 11 is 1.19. The van der Waals surface area contributed by atoms with Crippen LogP contribution in [-0.2, 0) is 0 Å². The van der Waals surface area contributed by atoms with Crippen LogP contribution >= 0.6 is 20.0 Å². The van der Waals surface area contributed by atoms with Crippen molar-refractivity contribution in [1.29, 1.82) is 0 Å². The number of allylic oxidation sites excluding steroid dienone is 4. The van der Waals surface area contributed by atoms with Crippen molar-refractivity contribution in [2.24, 2.45) is 4.99 Å². The van der Waals surface area contributed by atoms with Crippen molar-refractivity contribution in [3.8, 4) is 0 Å². The number of carbonyl (C=O) groups is 1. The molecule has 5 nitrogen and oxygen atoms in total.